The third kappa shape index (κ3) is 3.25. The minimum atomic E-state index is -0.764. The minimum Gasteiger partial charge on any atom is -0.398 e. The van der Waals surface area contributed by atoms with Crippen LogP contribution in [0.15, 0.2) is 30.3 Å². The second kappa shape index (κ2) is 6.19. The zero-order valence-electron chi connectivity index (χ0n) is 12.8. The average Bonchev–Trinajstić information content (AvgIpc) is 2.55. The van der Waals surface area contributed by atoms with Gasteiger partial charge in [0.05, 0.1) is 16.2 Å². The highest BCUT2D eigenvalue weighted by atomic mass is 19.1. The number of aryl methyl sites for hydroxylation is 1. The molecule has 1 aliphatic heterocycles. The van der Waals surface area contributed by atoms with E-state index < -0.39 is 16.6 Å². The molecule has 1 heterocycles. The van der Waals surface area contributed by atoms with Crippen molar-refractivity contribution < 1.29 is 18.9 Å². The molecule has 0 atom stereocenters. The number of anilines is 3. The monoisotopic (exact) mass is 344 g/mol. The standard InChI is InChI=1S/C16H13FN4O4/c17-11-7-13-8(1-4-15(22)19-13)5-14(11)20-16(23)10-6-9(21(24)25)2-3-12(10)18/h2-3,5-7H,1,4,18H2,(H,19,22)(H,20,23). The van der Waals surface area contributed by atoms with E-state index in [-0.39, 0.29) is 35.0 Å². The maximum Gasteiger partial charge on any atom is 0.270 e. The predicted molar refractivity (Wildman–Crippen MR) is 88.8 cm³/mol. The fourth-order valence-corrected chi connectivity index (χ4v) is 2.54. The topological polar surface area (TPSA) is 127 Å². The zero-order chi connectivity index (χ0) is 18.1. The summed E-state index contributed by atoms with van der Waals surface area (Å²) in [6.07, 6.45) is 0.688. The number of nitrogen functional groups attached to an aromatic ring is 1. The molecule has 9 heteroatoms. The van der Waals surface area contributed by atoms with Crippen LogP contribution in [-0.4, -0.2) is 16.7 Å². The third-order valence-electron chi connectivity index (χ3n) is 3.83. The quantitative estimate of drug-likeness (QED) is 0.448. The largest absolute Gasteiger partial charge is 0.398 e. The van der Waals surface area contributed by atoms with Crippen LogP contribution in [0, 0.1) is 15.9 Å². The molecule has 8 nitrogen and oxygen atoms in total. The van der Waals surface area contributed by atoms with Gasteiger partial charge in [-0.15, -0.1) is 0 Å². The van der Waals surface area contributed by atoms with Crippen molar-refractivity contribution in [3.05, 3.63) is 57.4 Å². The maximum absolute atomic E-state index is 14.2. The number of hydrogen-bond donors (Lipinski definition) is 3. The summed E-state index contributed by atoms with van der Waals surface area (Å²) in [4.78, 5) is 33.8. The molecule has 4 N–H and O–H groups in total. The van der Waals surface area contributed by atoms with Crippen molar-refractivity contribution >= 4 is 34.6 Å². The summed E-state index contributed by atoms with van der Waals surface area (Å²) in [5.41, 5.74) is 6.25. The Kier molecular flexibility index (Phi) is 4.05. The average molecular weight is 344 g/mol. The molecule has 2 amide bonds. The fraction of sp³-hybridized carbons (Fsp3) is 0.125. The van der Waals surface area contributed by atoms with Crippen LogP contribution in [0.2, 0.25) is 0 Å². The highest BCUT2D eigenvalue weighted by Gasteiger charge is 2.20. The summed E-state index contributed by atoms with van der Waals surface area (Å²) in [6, 6.07) is 6.00. The number of hydrogen-bond acceptors (Lipinski definition) is 5. The number of carbonyl (C=O) groups excluding carboxylic acids is 2. The third-order valence-corrected chi connectivity index (χ3v) is 3.83. The Bertz CT molecular complexity index is 913. The second-order valence-corrected chi connectivity index (χ2v) is 5.52. The van der Waals surface area contributed by atoms with Gasteiger partial charge < -0.3 is 16.4 Å². The number of nitro benzene ring substituents is 1. The molecule has 0 spiro atoms. The van der Waals surface area contributed by atoms with Crippen LogP contribution in [-0.2, 0) is 11.2 Å². The Morgan fingerprint density at radius 1 is 1.28 bits per heavy atom. The summed E-state index contributed by atoms with van der Waals surface area (Å²) >= 11 is 0. The van der Waals surface area contributed by atoms with Gasteiger partial charge in [-0.25, -0.2) is 4.39 Å². The van der Waals surface area contributed by atoms with Crippen molar-refractivity contribution in [3.63, 3.8) is 0 Å². The summed E-state index contributed by atoms with van der Waals surface area (Å²) in [5.74, 6) is -1.70. The van der Waals surface area contributed by atoms with Gasteiger partial charge in [0.2, 0.25) is 5.91 Å². The van der Waals surface area contributed by atoms with E-state index in [1.807, 2.05) is 0 Å². The highest BCUT2D eigenvalue weighted by molar-refractivity contribution is 6.08. The van der Waals surface area contributed by atoms with Crippen LogP contribution in [0.25, 0.3) is 0 Å². The van der Waals surface area contributed by atoms with Gasteiger partial charge in [0.15, 0.2) is 0 Å². The van der Waals surface area contributed by atoms with Gasteiger partial charge in [-0.2, -0.15) is 0 Å². The lowest BCUT2D eigenvalue weighted by Crippen LogP contribution is -2.20. The van der Waals surface area contributed by atoms with Crippen molar-refractivity contribution in [2.45, 2.75) is 12.8 Å². The van der Waals surface area contributed by atoms with Crippen LogP contribution < -0.4 is 16.4 Å². The first-order chi connectivity index (χ1) is 11.8. The molecule has 0 bridgehead atoms. The predicted octanol–water partition coefficient (Wildman–Crippen LogP) is 2.45. The number of halogens is 1. The van der Waals surface area contributed by atoms with Crippen LogP contribution in [0.4, 0.5) is 27.1 Å². The summed E-state index contributed by atoms with van der Waals surface area (Å²) in [6.45, 7) is 0. The van der Waals surface area contributed by atoms with Crippen molar-refractivity contribution in [1.29, 1.82) is 0 Å². The van der Waals surface area contributed by atoms with E-state index in [4.69, 9.17) is 5.73 Å². The molecule has 1 aliphatic rings. The zero-order valence-corrected chi connectivity index (χ0v) is 12.8. The smallest absolute Gasteiger partial charge is 0.270 e. The number of nitrogens with two attached hydrogens (primary N) is 1. The Morgan fingerprint density at radius 2 is 2.04 bits per heavy atom. The van der Waals surface area contributed by atoms with Gasteiger partial charge in [0.1, 0.15) is 5.82 Å². The number of nitro groups is 1. The molecule has 3 rings (SSSR count). The van der Waals surface area contributed by atoms with Gasteiger partial charge in [0, 0.05) is 29.9 Å². The van der Waals surface area contributed by atoms with Crippen LogP contribution >= 0.6 is 0 Å². The molecular formula is C16H13FN4O4. The van der Waals surface area contributed by atoms with Crippen LogP contribution in [0.5, 0.6) is 0 Å². The van der Waals surface area contributed by atoms with Crippen molar-refractivity contribution in [2.24, 2.45) is 0 Å². The van der Waals surface area contributed by atoms with Gasteiger partial charge in [-0.3, -0.25) is 19.7 Å². The Hall–Kier alpha value is -3.49. The van der Waals surface area contributed by atoms with E-state index in [0.717, 1.165) is 12.1 Å². The molecule has 0 saturated heterocycles. The number of nitrogens with zero attached hydrogens (tertiary/aromatic N) is 1. The second-order valence-electron chi connectivity index (χ2n) is 5.52. The van der Waals surface area contributed by atoms with E-state index in [2.05, 4.69) is 10.6 Å². The van der Waals surface area contributed by atoms with E-state index in [0.29, 0.717) is 17.7 Å². The molecule has 128 valence electrons. The lowest BCUT2D eigenvalue weighted by Gasteiger charge is -2.18. The minimum absolute atomic E-state index is 0.0359. The van der Waals surface area contributed by atoms with Crippen molar-refractivity contribution in [1.82, 2.24) is 0 Å². The van der Waals surface area contributed by atoms with Gasteiger partial charge in [-0.1, -0.05) is 0 Å². The van der Waals surface area contributed by atoms with Crippen LogP contribution in [0.3, 0.4) is 0 Å². The fourth-order valence-electron chi connectivity index (χ4n) is 2.54. The number of fused-ring (bicyclic) bond motifs is 1. The number of carbonyl (C=O) groups is 2. The van der Waals surface area contributed by atoms with Crippen LogP contribution in [0.1, 0.15) is 22.3 Å². The number of amides is 2. The normalized spacial score (nSPS) is 12.9. The number of non-ortho nitro benzene ring substituents is 1. The molecule has 0 saturated carbocycles. The number of rotatable bonds is 3. The van der Waals surface area contributed by atoms with E-state index >= 15 is 0 Å². The molecule has 25 heavy (non-hydrogen) atoms. The molecule has 0 unspecified atom stereocenters. The highest BCUT2D eigenvalue weighted by Crippen LogP contribution is 2.29. The Balaban J connectivity index is 1.90. The molecule has 0 aromatic heterocycles. The summed E-state index contributed by atoms with van der Waals surface area (Å²) < 4.78 is 14.2. The van der Waals surface area contributed by atoms with E-state index in [1.165, 1.54) is 18.2 Å². The molecule has 0 aliphatic carbocycles. The molecule has 0 radical (unpaired) electrons. The summed E-state index contributed by atoms with van der Waals surface area (Å²) in [5, 5.41) is 15.7. The number of nitrogens with one attached hydrogen (secondary N) is 2. The van der Waals surface area contributed by atoms with Gasteiger partial charge in [-0.05, 0) is 30.2 Å². The molecule has 0 fully saturated rings. The lowest BCUT2D eigenvalue weighted by atomic mass is 10.0. The first kappa shape index (κ1) is 16.4. The Labute approximate surface area is 141 Å². The van der Waals surface area contributed by atoms with Gasteiger partial charge in [0.25, 0.3) is 11.6 Å². The van der Waals surface area contributed by atoms with Gasteiger partial charge >= 0.3 is 0 Å². The molecular weight excluding hydrogens is 331 g/mol. The van der Waals surface area contributed by atoms with Crippen molar-refractivity contribution in [3.8, 4) is 0 Å². The molecule has 2 aromatic rings. The maximum atomic E-state index is 14.2. The first-order valence-corrected chi connectivity index (χ1v) is 7.32. The summed E-state index contributed by atoms with van der Waals surface area (Å²) in [7, 11) is 0. The van der Waals surface area contributed by atoms with E-state index in [9.17, 15) is 24.1 Å². The first-order valence-electron chi connectivity index (χ1n) is 7.32. The SMILES string of the molecule is Nc1ccc([N+](=O)[O-])cc1C(=O)Nc1cc2c(cc1F)NC(=O)CC2. The van der Waals surface area contributed by atoms with E-state index in [1.54, 1.807) is 0 Å². The lowest BCUT2D eigenvalue weighted by molar-refractivity contribution is -0.384. The molecule has 2 aromatic carbocycles. The van der Waals surface area contributed by atoms with Crippen molar-refractivity contribution in [2.75, 3.05) is 16.4 Å². The Morgan fingerprint density at radius 3 is 2.76 bits per heavy atom. The number of benzene rings is 2.